The van der Waals surface area contributed by atoms with Gasteiger partial charge in [-0.1, -0.05) is 30.3 Å². The molecule has 25 heavy (non-hydrogen) atoms. The maximum Gasteiger partial charge on any atom is 0.287 e. The van der Waals surface area contributed by atoms with Gasteiger partial charge in [0.2, 0.25) is 0 Å². The molecule has 3 rings (SSSR count). The Morgan fingerprint density at radius 2 is 1.88 bits per heavy atom. The highest BCUT2D eigenvalue weighted by atomic mass is 79.9. The molecule has 2 aromatic carbocycles. The van der Waals surface area contributed by atoms with E-state index in [1.807, 2.05) is 54.6 Å². The Morgan fingerprint density at radius 1 is 1.16 bits per heavy atom. The van der Waals surface area contributed by atoms with Crippen LogP contribution in [-0.2, 0) is 0 Å². The fraction of sp³-hybridized carbons (Fsp3) is 0.0556. The van der Waals surface area contributed by atoms with Crippen molar-refractivity contribution >= 4 is 27.8 Å². The average Bonchev–Trinajstić information content (AvgIpc) is 2.66. The molecule has 1 N–H and O–H groups in total. The van der Waals surface area contributed by atoms with Crippen molar-refractivity contribution in [2.24, 2.45) is 5.10 Å². The predicted molar refractivity (Wildman–Crippen MR) is 102 cm³/mol. The van der Waals surface area contributed by atoms with E-state index in [1.165, 1.54) is 10.9 Å². The van der Waals surface area contributed by atoms with Gasteiger partial charge in [-0.2, -0.15) is 14.9 Å². The fourth-order valence-electron chi connectivity index (χ4n) is 2.21. The number of aromatic nitrogens is 2. The number of nitrogens with one attached hydrogen (secondary N) is 1. The number of benzene rings is 2. The molecule has 0 saturated heterocycles. The molecule has 0 amide bonds. The summed E-state index contributed by atoms with van der Waals surface area (Å²) in [7, 11) is 1.60. The molecule has 6 nitrogen and oxygen atoms in total. The molecule has 0 fully saturated rings. The van der Waals surface area contributed by atoms with Gasteiger partial charge in [0.25, 0.3) is 5.56 Å². The summed E-state index contributed by atoms with van der Waals surface area (Å²) < 4.78 is 6.93. The average molecular weight is 399 g/mol. The second kappa shape index (κ2) is 7.76. The smallest absolute Gasteiger partial charge is 0.287 e. The summed E-state index contributed by atoms with van der Waals surface area (Å²) in [6.45, 7) is 0. The maximum atomic E-state index is 12.5. The van der Waals surface area contributed by atoms with Crippen LogP contribution in [0.15, 0.2) is 75.2 Å². The zero-order valence-electron chi connectivity index (χ0n) is 13.4. The number of halogens is 1. The van der Waals surface area contributed by atoms with Crippen LogP contribution in [0.5, 0.6) is 5.75 Å². The molecule has 0 unspecified atom stereocenters. The van der Waals surface area contributed by atoms with Crippen LogP contribution in [-0.4, -0.2) is 23.1 Å². The van der Waals surface area contributed by atoms with Crippen LogP contribution in [0.3, 0.4) is 0 Å². The van der Waals surface area contributed by atoms with Gasteiger partial charge in [-0.15, -0.1) is 0 Å². The number of para-hydroxylation sites is 2. The number of hydrogen-bond acceptors (Lipinski definition) is 5. The second-order valence-corrected chi connectivity index (χ2v) is 5.83. The van der Waals surface area contributed by atoms with Crippen molar-refractivity contribution in [2.45, 2.75) is 0 Å². The molecule has 3 aromatic rings. The van der Waals surface area contributed by atoms with E-state index in [9.17, 15) is 4.79 Å². The minimum atomic E-state index is -0.274. The van der Waals surface area contributed by atoms with Crippen LogP contribution in [0.25, 0.3) is 5.69 Å². The van der Waals surface area contributed by atoms with Crippen LogP contribution in [0.2, 0.25) is 0 Å². The summed E-state index contributed by atoms with van der Waals surface area (Å²) >= 11 is 3.31. The van der Waals surface area contributed by atoms with Crippen LogP contribution < -0.4 is 15.7 Å². The number of rotatable bonds is 5. The Kier molecular flexibility index (Phi) is 5.25. The molecule has 0 aliphatic rings. The molecule has 1 aromatic heterocycles. The van der Waals surface area contributed by atoms with Crippen molar-refractivity contribution in [2.75, 3.05) is 12.5 Å². The molecule has 1 heterocycles. The predicted octanol–water partition coefficient (Wildman–Crippen LogP) is 3.45. The molecule has 0 radical (unpaired) electrons. The zero-order chi connectivity index (χ0) is 17.6. The van der Waals surface area contributed by atoms with Gasteiger partial charge in [-0.3, -0.25) is 10.2 Å². The molecule has 0 aliphatic heterocycles. The van der Waals surface area contributed by atoms with Crippen molar-refractivity contribution in [3.8, 4) is 11.4 Å². The Balaban J connectivity index is 1.83. The standard InChI is InChI=1S/C18H15BrN4O2/c1-25-16-10-6-5-7-13(16)11-20-22-15-12-21-23(18(24)17(15)19)14-8-3-2-4-9-14/h2-12,22H,1H3. The lowest BCUT2D eigenvalue weighted by Crippen LogP contribution is -2.22. The number of ether oxygens (including phenoxy) is 1. The monoisotopic (exact) mass is 398 g/mol. The van der Waals surface area contributed by atoms with Gasteiger partial charge in [-0.05, 0) is 40.2 Å². The molecule has 0 aliphatic carbocycles. The molecule has 126 valence electrons. The van der Waals surface area contributed by atoms with Gasteiger partial charge in [0.15, 0.2) is 0 Å². The summed E-state index contributed by atoms with van der Waals surface area (Å²) in [6, 6.07) is 16.7. The van der Waals surface area contributed by atoms with Gasteiger partial charge in [0.05, 0.1) is 30.9 Å². The Hall–Kier alpha value is -2.93. The van der Waals surface area contributed by atoms with Gasteiger partial charge >= 0.3 is 0 Å². The first-order valence-corrected chi connectivity index (χ1v) is 8.25. The van der Waals surface area contributed by atoms with Crippen LogP contribution >= 0.6 is 15.9 Å². The largest absolute Gasteiger partial charge is 0.496 e. The molecule has 0 saturated carbocycles. The fourth-order valence-corrected chi connectivity index (χ4v) is 2.57. The first-order chi connectivity index (χ1) is 12.2. The van der Waals surface area contributed by atoms with Crippen molar-refractivity contribution < 1.29 is 4.74 Å². The number of nitrogens with zero attached hydrogens (tertiary/aromatic N) is 3. The topological polar surface area (TPSA) is 68.5 Å². The van der Waals surface area contributed by atoms with E-state index >= 15 is 0 Å². The quantitative estimate of drug-likeness (QED) is 0.527. The minimum Gasteiger partial charge on any atom is -0.496 e. The van der Waals surface area contributed by atoms with Crippen LogP contribution in [0, 0.1) is 0 Å². The van der Waals surface area contributed by atoms with E-state index in [2.05, 4.69) is 31.6 Å². The molecule has 7 heteroatoms. The first-order valence-electron chi connectivity index (χ1n) is 7.46. The molecular weight excluding hydrogens is 384 g/mol. The summed E-state index contributed by atoms with van der Waals surface area (Å²) in [5, 5.41) is 8.33. The van der Waals surface area contributed by atoms with E-state index in [0.717, 1.165) is 5.56 Å². The van der Waals surface area contributed by atoms with Crippen molar-refractivity contribution in [3.63, 3.8) is 0 Å². The van der Waals surface area contributed by atoms with Gasteiger partial charge in [-0.25, -0.2) is 0 Å². The van der Waals surface area contributed by atoms with E-state index < -0.39 is 0 Å². The number of hydrogen-bond donors (Lipinski definition) is 1. The van der Waals surface area contributed by atoms with Gasteiger partial charge in [0.1, 0.15) is 10.2 Å². The third kappa shape index (κ3) is 3.77. The van der Waals surface area contributed by atoms with E-state index in [0.29, 0.717) is 21.6 Å². The molecule has 0 bridgehead atoms. The highest BCUT2D eigenvalue weighted by molar-refractivity contribution is 9.10. The summed E-state index contributed by atoms with van der Waals surface area (Å²) in [4.78, 5) is 12.5. The zero-order valence-corrected chi connectivity index (χ0v) is 15.0. The summed E-state index contributed by atoms with van der Waals surface area (Å²) in [5.41, 5.74) is 4.54. The third-order valence-corrected chi connectivity index (χ3v) is 4.21. The maximum absolute atomic E-state index is 12.5. The van der Waals surface area contributed by atoms with E-state index in [1.54, 1.807) is 13.3 Å². The van der Waals surface area contributed by atoms with Crippen molar-refractivity contribution in [3.05, 3.63) is 81.2 Å². The van der Waals surface area contributed by atoms with Crippen LogP contribution in [0.4, 0.5) is 5.69 Å². The lowest BCUT2D eigenvalue weighted by molar-refractivity contribution is 0.414. The highest BCUT2D eigenvalue weighted by Crippen LogP contribution is 2.18. The summed E-state index contributed by atoms with van der Waals surface area (Å²) in [6.07, 6.45) is 3.16. The Labute approximate surface area is 152 Å². The van der Waals surface area contributed by atoms with E-state index in [-0.39, 0.29) is 5.56 Å². The lowest BCUT2D eigenvalue weighted by Gasteiger charge is -2.08. The van der Waals surface area contributed by atoms with Gasteiger partial charge in [0, 0.05) is 5.56 Å². The number of hydrazone groups is 1. The molecule has 0 atom stereocenters. The summed E-state index contributed by atoms with van der Waals surface area (Å²) in [5.74, 6) is 0.713. The molecular formula is C18H15BrN4O2. The van der Waals surface area contributed by atoms with E-state index in [4.69, 9.17) is 4.74 Å². The third-order valence-electron chi connectivity index (χ3n) is 3.45. The van der Waals surface area contributed by atoms with Crippen molar-refractivity contribution in [1.29, 1.82) is 0 Å². The molecule has 0 spiro atoms. The minimum absolute atomic E-state index is 0.274. The normalized spacial score (nSPS) is 10.8. The van der Waals surface area contributed by atoms with Crippen molar-refractivity contribution in [1.82, 2.24) is 9.78 Å². The second-order valence-electron chi connectivity index (χ2n) is 5.04. The van der Waals surface area contributed by atoms with Gasteiger partial charge < -0.3 is 4.74 Å². The lowest BCUT2D eigenvalue weighted by atomic mass is 10.2. The van der Waals surface area contributed by atoms with Crippen LogP contribution in [0.1, 0.15) is 5.56 Å². The highest BCUT2D eigenvalue weighted by Gasteiger charge is 2.09. The Bertz CT molecular complexity index is 955. The SMILES string of the molecule is COc1ccccc1C=NNc1cnn(-c2ccccc2)c(=O)c1Br. The first kappa shape index (κ1) is 16.9. The Morgan fingerprint density at radius 3 is 2.64 bits per heavy atom. The number of methoxy groups -OCH3 is 1. The number of anilines is 1.